The largest absolute Gasteiger partial charge is 0.356 e. The maximum Gasteiger partial charge on any atom is 0.270 e. The molecule has 1 aromatic heterocycles. The van der Waals surface area contributed by atoms with Crippen molar-refractivity contribution in [3.63, 3.8) is 0 Å². The van der Waals surface area contributed by atoms with Gasteiger partial charge in [0.2, 0.25) is 0 Å². The Bertz CT molecular complexity index is 644. The van der Waals surface area contributed by atoms with Crippen molar-refractivity contribution in [1.82, 2.24) is 15.3 Å². The number of hydrogen-bond donors (Lipinski definition) is 1. The molecule has 2 saturated heterocycles. The van der Waals surface area contributed by atoms with E-state index in [0.717, 1.165) is 44.6 Å². The highest BCUT2D eigenvalue weighted by Crippen LogP contribution is 2.32. The first-order valence-corrected chi connectivity index (χ1v) is 9.83. The van der Waals surface area contributed by atoms with E-state index in [1.165, 1.54) is 19.3 Å². The predicted octanol–water partition coefficient (Wildman–Crippen LogP) is 2.19. The van der Waals surface area contributed by atoms with E-state index in [4.69, 9.17) is 9.47 Å². The molecular formula is C19H28N4O3. The summed E-state index contributed by atoms with van der Waals surface area (Å²) in [7, 11) is 0. The summed E-state index contributed by atoms with van der Waals surface area (Å²) in [6.07, 6.45) is 7.43. The lowest BCUT2D eigenvalue weighted by atomic mass is 9.95. The molecule has 1 aliphatic carbocycles. The van der Waals surface area contributed by atoms with Gasteiger partial charge in [-0.15, -0.1) is 0 Å². The molecule has 1 aromatic rings. The molecule has 0 radical (unpaired) electrons. The molecule has 0 aromatic carbocycles. The van der Waals surface area contributed by atoms with Crippen LogP contribution in [-0.4, -0.2) is 54.0 Å². The zero-order valence-corrected chi connectivity index (χ0v) is 15.5. The van der Waals surface area contributed by atoms with Gasteiger partial charge in [0.25, 0.3) is 5.91 Å². The van der Waals surface area contributed by atoms with E-state index in [0.29, 0.717) is 24.7 Å². The molecule has 1 N–H and O–H groups in total. The summed E-state index contributed by atoms with van der Waals surface area (Å²) in [6.45, 7) is 4.81. The number of piperidine rings is 1. The molecule has 7 heteroatoms. The molecule has 3 fully saturated rings. The van der Waals surface area contributed by atoms with Crippen LogP contribution in [-0.2, 0) is 9.47 Å². The van der Waals surface area contributed by atoms with E-state index in [1.807, 2.05) is 13.0 Å². The molecule has 142 valence electrons. The van der Waals surface area contributed by atoms with Crippen LogP contribution in [0.4, 0.5) is 5.82 Å². The molecular weight excluding hydrogens is 332 g/mol. The fraction of sp³-hybridized carbons (Fsp3) is 0.737. The van der Waals surface area contributed by atoms with Gasteiger partial charge in [-0.05, 0) is 19.8 Å². The lowest BCUT2D eigenvalue weighted by Crippen LogP contribution is -2.45. The van der Waals surface area contributed by atoms with E-state index in [2.05, 4.69) is 20.2 Å². The van der Waals surface area contributed by atoms with Crippen molar-refractivity contribution in [2.75, 3.05) is 31.2 Å². The number of amides is 1. The number of carbonyl (C=O) groups is 1. The highest BCUT2D eigenvalue weighted by Gasteiger charge is 2.40. The summed E-state index contributed by atoms with van der Waals surface area (Å²) in [4.78, 5) is 23.8. The molecule has 3 heterocycles. The van der Waals surface area contributed by atoms with Crippen LogP contribution in [0.25, 0.3) is 0 Å². The summed E-state index contributed by atoms with van der Waals surface area (Å²) in [5.74, 6) is 0.962. The Balaban J connectivity index is 1.43. The molecule has 7 nitrogen and oxygen atoms in total. The van der Waals surface area contributed by atoms with Crippen LogP contribution in [0, 0.1) is 6.92 Å². The standard InChI is InChI=1S/C19H28N4O3/c1-14-20-16(18(24)22-15-5-3-2-4-6-15)13-17(21-14)23-9-7-19(8-10-23)25-11-12-26-19/h13,15H,2-12H2,1H3,(H,22,24). The van der Waals surface area contributed by atoms with Gasteiger partial charge in [-0.1, -0.05) is 19.3 Å². The molecule has 4 rings (SSSR count). The summed E-state index contributed by atoms with van der Waals surface area (Å²) in [5, 5.41) is 3.14. The van der Waals surface area contributed by atoms with Gasteiger partial charge >= 0.3 is 0 Å². The monoisotopic (exact) mass is 360 g/mol. The second-order valence-corrected chi connectivity index (χ2v) is 7.56. The average molecular weight is 360 g/mol. The van der Waals surface area contributed by atoms with Crippen LogP contribution in [0.15, 0.2) is 6.07 Å². The Labute approximate surface area is 154 Å². The Morgan fingerprint density at radius 3 is 2.54 bits per heavy atom. The van der Waals surface area contributed by atoms with Gasteiger partial charge in [-0.3, -0.25) is 4.79 Å². The van der Waals surface area contributed by atoms with Crippen LogP contribution >= 0.6 is 0 Å². The Kier molecular flexibility index (Phi) is 5.09. The van der Waals surface area contributed by atoms with Crippen LogP contribution in [0.2, 0.25) is 0 Å². The molecule has 2 aliphatic heterocycles. The smallest absolute Gasteiger partial charge is 0.270 e. The summed E-state index contributed by atoms with van der Waals surface area (Å²) in [6, 6.07) is 2.10. The average Bonchev–Trinajstić information content (AvgIpc) is 3.10. The number of ether oxygens (including phenoxy) is 2. The maximum absolute atomic E-state index is 12.6. The molecule has 1 spiro atoms. The van der Waals surface area contributed by atoms with Gasteiger partial charge in [-0.2, -0.15) is 0 Å². The van der Waals surface area contributed by atoms with Gasteiger partial charge in [0, 0.05) is 38.0 Å². The Morgan fingerprint density at radius 2 is 1.85 bits per heavy atom. The number of nitrogens with zero attached hydrogens (tertiary/aromatic N) is 3. The van der Waals surface area contributed by atoms with Gasteiger partial charge in [0.05, 0.1) is 13.2 Å². The lowest BCUT2D eigenvalue weighted by molar-refractivity contribution is -0.169. The first-order valence-electron chi connectivity index (χ1n) is 9.83. The normalized spacial score (nSPS) is 23.3. The number of aryl methyl sites for hydroxylation is 1. The zero-order chi connectivity index (χ0) is 18.0. The zero-order valence-electron chi connectivity index (χ0n) is 15.5. The minimum absolute atomic E-state index is 0.0837. The fourth-order valence-corrected chi connectivity index (χ4v) is 4.20. The third-order valence-corrected chi connectivity index (χ3v) is 5.66. The van der Waals surface area contributed by atoms with Gasteiger partial charge in [0.15, 0.2) is 5.79 Å². The minimum Gasteiger partial charge on any atom is -0.356 e. The van der Waals surface area contributed by atoms with Crippen molar-refractivity contribution in [3.8, 4) is 0 Å². The highest BCUT2D eigenvalue weighted by molar-refractivity contribution is 5.93. The van der Waals surface area contributed by atoms with Crippen molar-refractivity contribution in [1.29, 1.82) is 0 Å². The molecule has 3 aliphatic rings. The van der Waals surface area contributed by atoms with Crippen molar-refractivity contribution in [3.05, 3.63) is 17.6 Å². The number of carbonyl (C=O) groups excluding carboxylic acids is 1. The molecule has 0 atom stereocenters. The first-order chi connectivity index (χ1) is 12.6. The predicted molar refractivity (Wildman–Crippen MR) is 97.2 cm³/mol. The van der Waals surface area contributed by atoms with E-state index in [1.54, 1.807) is 0 Å². The molecule has 26 heavy (non-hydrogen) atoms. The Morgan fingerprint density at radius 1 is 1.15 bits per heavy atom. The molecule has 1 amide bonds. The van der Waals surface area contributed by atoms with Crippen molar-refractivity contribution < 1.29 is 14.3 Å². The Hall–Kier alpha value is -1.73. The van der Waals surface area contributed by atoms with Crippen molar-refractivity contribution in [2.45, 2.75) is 63.7 Å². The number of rotatable bonds is 3. The number of nitrogens with one attached hydrogen (secondary N) is 1. The van der Waals surface area contributed by atoms with Gasteiger partial charge in [0.1, 0.15) is 17.3 Å². The van der Waals surface area contributed by atoms with E-state index in [9.17, 15) is 4.79 Å². The van der Waals surface area contributed by atoms with Gasteiger partial charge < -0.3 is 19.7 Å². The summed E-state index contributed by atoms with van der Waals surface area (Å²) >= 11 is 0. The third-order valence-electron chi connectivity index (χ3n) is 5.66. The van der Waals surface area contributed by atoms with Crippen molar-refractivity contribution >= 4 is 11.7 Å². The van der Waals surface area contributed by atoms with Crippen LogP contribution in [0.3, 0.4) is 0 Å². The quantitative estimate of drug-likeness (QED) is 0.890. The molecule has 1 saturated carbocycles. The van der Waals surface area contributed by atoms with E-state index < -0.39 is 5.79 Å². The minimum atomic E-state index is -0.403. The first kappa shape index (κ1) is 17.7. The van der Waals surface area contributed by atoms with Crippen LogP contribution < -0.4 is 10.2 Å². The highest BCUT2D eigenvalue weighted by atomic mass is 16.7. The van der Waals surface area contributed by atoms with Crippen molar-refractivity contribution in [2.24, 2.45) is 0 Å². The number of hydrogen-bond acceptors (Lipinski definition) is 6. The van der Waals surface area contributed by atoms with Gasteiger partial charge in [-0.25, -0.2) is 9.97 Å². The summed E-state index contributed by atoms with van der Waals surface area (Å²) in [5.41, 5.74) is 0.465. The van der Waals surface area contributed by atoms with E-state index in [-0.39, 0.29) is 11.9 Å². The molecule has 0 unspecified atom stereocenters. The fourth-order valence-electron chi connectivity index (χ4n) is 4.20. The molecule has 0 bridgehead atoms. The lowest BCUT2D eigenvalue weighted by Gasteiger charge is -2.38. The third kappa shape index (κ3) is 3.83. The SMILES string of the molecule is Cc1nc(C(=O)NC2CCCCC2)cc(N2CCC3(CC2)OCCO3)n1. The second kappa shape index (κ2) is 7.48. The van der Waals surface area contributed by atoms with E-state index >= 15 is 0 Å². The number of anilines is 1. The van der Waals surface area contributed by atoms with Crippen LogP contribution in [0.1, 0.15) is 61.3 Å². The summed E-state index contributed by atoms with van der Waals surface area (Å²) < 4.78 is 11.6. The second-order valence-electron chi connectivity index (χ2n) is 7.56. The van der Waals surface area contributed by atoms with Crippen LogP contribution in [0.5, 0.6) is 0 Å². The topological polar surface area (TPSA) is 76.6 Å². The number of aromatic nitrogens is 2. The maximum atomic E-state index is 12.6.